The normalized spacial score (nSPS) is 18.7. The number of nitrogens with zero attached hydrogens (tertiary/aromatic N) is 2. The van der Waals surface area contributed by atoms with Gasteiger partial charge in [0, 0.05) is 38.3 Å². The van der Waals surface area contributed by atoms with Crippen LogP contribution in [0.4, 0.5) is 0 Å². The first-order valence-corrected chi connectivity index (χ1v) is 10.9. The second-order valence-corrected chi connectivity index (χ2v) is 12.4. The summed E-state index contributed by atoms with van der Waals surface area (Å²) < 4.78 is 8.06. The van der Waals surface area contributed by atoms with Gasteiger partial charge in [-0.15, -0.1) is 0 Å². The van der Waals surface area contributed by atoms with Crippen molar-refractivity contribution in [2.75, 3.05) is 6.61 Å². The zero-order valence-electron chi connectivity index (χ0n) is 12.9. The number of hydrogen-bond donors (Lipinski definition) is 0. The van der Waals surface area contributed by atoms with Crippen LogP contribution in [0.25, 0.3) is 0 Å². The molecule has 0 saturated heterocycles. The summed E-state index contributed by atoms with van der Waals surface area (Å²) in [6.07, 6.45) is 5.31. The molecule has 0 radical (unpaired) electrons. The summed E-state index contributed by atoms with van der Waals surface area (Å²) in [5, 5.41) is 0. The van der Waals surface area contributed by atoms with Crippen LogP contribution in [0.5, 0.6) is 0 Å². The SMILES string of the molecule is Cc1c2c(cn1COCC[Si](C)(C)C)CC(C)N=C2. The first-order chi connectivity index (χ1) is 8.87. The van der Waals surface area contributed by atoms with Gasteiger partial charge < -0.3 is 9.30 Å². The lowest BCUT2D eigenvalue weighted by atomic mass is 10.0. The van der Waals surface area contributed by atoms with Crippen molar-refractivity contribution in [3.63, 3.8) is 0 Å². The van der Waals surface area contributed by atoms with Gasteiger partial charge in [0.15, 0.2) is 0 Å². The van der Waals surface area contributed by atoms with Crippen molar-refractivity contribution < 1.29 is 4.74 Å². The van der Waals surface area contributed by atoms with Crippen molar-refractivity contribution in [2.24, 2.45) is 4.99 Å². The summed E-state index contributed by atoms with van der Waals surface area (Å²) in [5.41, 5.74) is 3.99. The molecule has 19 heavy (non-hydrogen) atoms. The van der Waals surface area contributed by atoms with Gasteiger partial charge in [0.1, 0.15) is 6.73 Å². The third-order valence-electron chi connectivity index (χ3n) is 3.68. The Bertz CT molecular complexity index is 471. The quantitative estimate of drug-likeness (QED) is 0.598. The third kappa shape index (κ3) is 3.80. The van der Waals surface area contributed by atoms with E-state index in [4.69, 9.17) is 4.74 Å². The summed E-state index contributed by atoms with van der Waals surface area (Å²) in [5.74, 6) is 0. The minimum atomic E-state index is -0.983. The first kappa shape index (κ1) is 14.5. The molecular formula is C15H26N2OSi. The lowest BCUT2D eigenvalue weighted by molar-refractivity contribution is 0.0861. The Morgan fingerprint density at radius 3 is 2.84 bits per heavy atom. The van der Waals surface area contributed by atoms with Gasteiger partial charge in [-0.1, -0.05) is 19.6 Å². The van der Waals surface area contributed by atoms with Crippen LogP contribution in [0.3, 0.4) is 0 Å². The number of aliphatic imine (C=N–C) groups is 1. The monoisotopic (exact) mass is 278 g/mol. The summed E-state index contributed by atoms with van der Waals surface area (Å²) in [4.78, 5) is 4.50. The molecule has 2 rings (SSSR count). The molecule has 1 aliphatic rings. The van der Waals surface area contributed by atoms with E-state index in [9.17, 15) is 0 Å². The molecule has 0 aliphatic carbocycles. The molecule has 0 saturated carbocycles. The Kier molecular flexibility index (Phi) is 4.31. The van der Waals surface area contributed by atoms with E-state index >= 15 is 0 Å². The van der Waals surface area contributed by atoms with Gasteiger partial charge in [0.25, 0.3) is 0 Å². The molecule has 0 amide bonds. The number of rotatable bonds is 5. The Morgan fingerprint density at radius 1 is 1.42 bits per heavy atom. The predicted molar refractivity (Wildman–Crippen MR) is 84.0 cm³/mol. The minimum Gasteiger partial charge on any atom is -0.361 e. The maximum Gasteiger partial charge on any atom is 0.122 e. The molecule has 0 aromatic carbocycles. The molecule has 0 spiro atoms. The van der Waals surface area contributed by atoms with E-state index in [0.717, 1.165) is 13.0 Å². The first-order valence-electron chi connectivity index (χ1n) is 7.16. The van der Waals surface area contributed by atoms with E-state index in [1.54, 1.807) is 0 Å². The number of hydrogen-bond acceptors (Lipinski definition) is 2. The molecule has 1 atom stereocenters. The van der Waals surface area contributed by atoms with Crippen LogP contribution in [0.1, 0.15) is 23.7 Å². The van der Waals surface area contributed by atoms with Crippen LogP contribution in [-0.4, -0.2) is 31.5 Å². The Labute approximate surface area is 117 Å². The van der Waals surface area contributed by atoms with Gasteiger partial charge in [-0.3, -0.25) is 4.99 Å². The topological polar surface area (TPSA) is 26.5 Å². The van der Waals surface area contributed by atoms with E-state index in [-0.39, 0.29) is 0 Å². The van der Waals surface area contributed by atoms with Crippen molar-refractivity contribution in [3.8, 4) is 0 Å². The standard InChI is InChI=1S/C15H26N2OSi/c1-12-8-14-10-17(13(2)15(14)9-16-12)11-18-6-7-19(3,4)5/h9-10,12H,6-8,11H2,1-5H3. The molecule has 1 aromatic heterocycles. The van der Waals surface area contributed by atoms with Crippen LogP contribution in [0, 0.1) is 6.92 Å². The van der Waals surface area contributed by atoms with Gasteiger partial charge in [0.2, 0.25) is 0 Å². The average Bonchev–Trinajstić information content (AvgIpc) is 2.60. The molecule has 1 aliphatic heterocycles. The van der Waals surface area contributed by atoms with Crippen molar-refractivity contribution in [1.82, 2.24) is 4.57 Å². The van der Waals surface area contributed by atoms with Crippen molar-refractivity contribution in [2.45, 2.75) is 58.7 Å². The highest BCUT2D eigenvalue weighted by molar-refractivity contribution is 6.76. The van der Waals surface area contributed by atoms with Crippen LogP contribution in [0.2, 0.25) is 25.7 Å². The molecule has 2 heterocycles. The second-order valence-electron chi connectivity index (χ2n) is 6.80. The summed E-state index contributed by atoms with van der Waals surface area (Å²) in [6.45, 7) is 13.0. The smallest absolute Gasteiger partial charge is 0.122 e. The van der Waals surface area contributed by atoms with Gasteiger partial charge in [0.05, 0.1) is 6.04 Å². The second kappa shape index (κ2) is 5.63. The fraction of sp³-hybridized carbons (Fsp3) is 0.667. The largest absolute Gasteiger partial charge is 0.361 e. The zero-order valence-corrected chi connectivity index (χ0v) is 13.9. The summed E-state index contributed by atoms with van der Waals surface area (Å²) in [6, 6.07) is 1.64. The van der Waals surface area contributed by atoms with Gasteiger partial charge in [-0.25, -0.2) is 0 Å². The Hall–Kier alpha value is -0.873. The van der Waals surface area contributed by atoms with Crippen LogP contribution in [-0.2, 0) is 17.9 Å². The highest BCUT2D eigenvalue weighted by Crippen LogP contribution is 2.21. The molecule has 1 unspecified atom stereocenters. The molecular weight excluding hydrogens is 252 g/mol. The third-order valence-corrected chi connectivity index (χ3v) is 5.38. The Morgan fingerprint density at radius 2 is 2.16 bits per heavy atom. The van der Waals surface area contributed by atoms with Gasteiger partial charge in [-0.05, 0) is 31.9 Å². The molecule has 0 fully saturated rings. The van der Waals surface area contributed by atoms with Crippen LogP contribution < -0.4 is 0 Å². The maximum atomic E-state index is 5.83. The number of ether oxygens (including phenoxy) is 1. The lowest BCUT2D eigenvalue weighted by Crippen LogP contribution is -2.22. The van der Waals surface area contributed by atoms with Crippen LogP contribution >= 0.6 is 0 Å². The fourth-order valence-corrected chi connectivity index (χ4v) is 3.09. The molecule has 4 heteroatoms. The van der Waals surface area contributed by atoms with E-state index in [2.05, 4.69) is 49.2 Å². The number of aromatic nitrogens is 1. The average molecular weight is 278 g/mol. The molecule has 0 N–H and O–H groups in total. The van der Waals surface area contributed by atoms with E-state index in [1.165, 1.54) is 22.9 Å². The molecule has 1 aromatic rings. The van der Waals surface area contributed by atoms with E-state index in [1.807, 2.05) is 6.21 Å². The molecule has 106 valence electrons. The zero-order chi connectivity index (χ0) is 14.0. The summed E-state index contributed by atoms with van der Waals surface area (Å²) in [7, 11) is -0.983. The van der Waals surface area contributed by atoms with E-state index < -0.39 is 8.07 Å². The van der Waals surface area contributed by atoms with Crippen molar-refractivity contribution in [3.05, 3.63) is 23.0 Å². The van der Waals surface area contributed by atoms with E-state index in [0.29, 0.717) is 12.8 Å². The Balaban J connectivity index is 1.94. The minimum absolute atomic E-state index is 0.413. The summed E-state index contributed by atoms with van der Waals surface area (Å²) >= 11 is 0. The van der Waals surface area contributed by atoms with Gasteiger partial charge >= 0.3 is 0 Å². The highest BCUT2D eigenvalue weighted by Gasteiger charge is 2.17. The maximum absolute atomic E-state index is 5.83. The van der Waals surface area contributed by atoms with Crippen LogP contribution in [0.15, 0.2) is 11.2 Å². The van der Waals surface area contributed by atoms with Crippen molar-refractivity contribution in [1.29, 1.82) is 0 Å². The highest BCUT2D eigenvalue weighted by atomic mass is 28.3. The number of fused-ring (bicyclic) bond motifs is 1. The molecule has 3 nitrogen and oxygen atoms in total. The predicted octanol–water partition coefficient (Wildman–Crippen LogP) is 3.47. The van der Waals surface area contributed by atoms with Gasteiger partial charge in [-0.2, -0.15) is 0 Å². The molecule has 0 bridgehead atoms. The fourth-order valence-electron chi connectivity index (χ4n) is 2.33. The van der Waals surface area contributed by atoms with Crippen molar-refractivity contribution >= 4 is 14.3 Å². The lowest BCUT2D eigenvalue weighted by Gasteiger charge is -2.16.